The number of nitrogens with one attached hydrogen (secondary N) is 1. The number of halogens is 3. The summed E-state index contributed by atoms with van der Waals surface area (Å²) in [5, 5.41) is 10.4. The number of likely N-dealkylation sites (tertiary alicyclic amines) is 2. The average Bonchev–Trinajstić information content (AvgIpc) is 3.53. The van der Waals surface area contributed by atoms with Crippen LogP contribution in [0.2, 0.25) is 0 Å². The fourth-order valence-corrected chi connectivity index (χ4v) is 6.48. The predicted molar refractivity (Wildman–Crippen MR) is 142 cm³/mol. The molecule has 4 heterocycles. The first-order valence-corrected chi connectivity index (χ1v) is 13.8. The zero-order valence-electron chi connectivity index (χ0n) is 23.0. The molecule has 0 saturated carbocycles. The first-order valence-electron chi connectivity index (χ1n) is 13.8. The molecule has 0 radical (unpaired) electrons. The normalized spacial score (nSPS) is 22.0. The molecule has 6 rings (SSSR count). The Morgan fingerprint density at radius 2 is 1.88 bits per heavy atom. The quantitative estimate of drug-likeness (QED) is 0.467. The van der Waals surface area contributed by atoms with Crippen LogP contribution in [0.1, 0.15) is 54.6 Å². The number of carbonyl (C=O) groups excluding carboxylic acids is 2. The topological polar surface area (TPSA) is 101 Å². The molecule has 1 amide bonds. The molecule has 12 heteroatoms. The van der Waals surface area contributed by atoms with E-state index in [4.69, 9.17) is 9.47 Å². The Morgan fingerprint density at radius 3 is 2.63 bits per heavy atom. The van der Waals surface area contributed by atoms with Crippen molar-refractivity contribution in [3.05, 3.63) is 53.1 Å². The summed E-state index contributed by atoms with van der Waals surface area (Å²) in [7, 11) is 0. The number of rotatable bonds is 4. The van der Waals surface area contributed by atoms with Crippen LogP contribution in [0.5, 0.6) is 5.75 Å². The van der Waals surface area contributed by atoms with Gasteiger partial charge in [-0.25, -0.2) is 4.79 Å². The summed E-state index contributed by atoms with van der Waals surface area (Å²) in [4.78, 5) is 29.1. The van der Waals surface area contributed by atoms with Crippen molar-refractivity contribution in [3.63, 3.8) is 0 Å². The van der Waals surface area contributed by atoms with Gasteiger partial charge in [-0.1, -0.05) is 23.4 Å². The van der Waals surface area contributed by atoms with E-state index in [1.54, 1.807) is 18.2 Å². The van der Waals surface area contributed by atoms with Gasteiger partial charge in [0, 0.05) is 36.1 Å². The fraction of sp³-hybridized carbons (Fsp3) is 0.517. The summed E-state index contributed by atoms with van der Waals surface area (Å²) >= 11 is 0. The Bertz CT molecular complexity index is 1480. The van der Waals surface area contributed by atoms with E-state index < -0.39 is 23.7 Å². The molecule has 218 valence electrons. The lowest BCUT2D eigenvalue weighted by Crippen LogP contribution is -2.58. The number of ether oxygens (including phenoxy) is 2. The van der Waals surface area contributed by atoms with Crippen molar-refractivity contribution < 1.29 is 32.2 Å². The van der Waals surface area contributed by atoms with Gasteiger partial charge in [0.25, 0.3) is 5.91 Å². The number of aromatic nitrogens is 3. The molecule has 0 bridgehead atoms. The third-order valence-corrected chi connectivity index (χ3v) is 8.71. The molecule has 1 unspecified atom stereocenters. The number of para-hydroxylation sites is 1. The van der Waals surface area contributed by atoms with E-state index in [0.29, 0.717) is 62.0 Å². The highest BCUT2D eigenvalue weighted by Gasteiger charge is 2.51. The van der Waals surface area contributed by atoms with E-state index in [1.165, 1.54) is 10.5 Å². The number of amides is 1. The third-order valence-electron chi connectivity index (χ3n) is 8.71. The molecular weight excluding hydrogens is 539 g/mol. The van der Waals surface area contributed by atoms with Gasteiger partial charge in [0.2, 0.25) is 0 Å². The summed E-state index contributed by atoms with van der Waals surface area (Å²) in [6.07, 6.45) is -3.81. The smallest absolute Gasteiger partial charge is 0.487 e. The summed E-state index contributed by atoms with van der Waals surface area (Å²) in [6.45, 7) is 6.30. The lowest BCUT2D eigenvalue weighted by molar-refractivity contribution is -0.216. The standard InChI is InChI=1S/C29H32F3N5O4/c1-27(2)15-19-4-3-5-20(24(19)41-27)16-36-11-8-28(9-12-36)10-13-37(17-23(28)40-26(39)29(30,31)32)25(38)18-6-7-21-22(14-18)34-35-33-21/h3-7,14,23H,8-13,15-17H2,1-2H3,(H,33,34,35). The number of nitrogens with zero attached hydrogens (tertiary/aromatic N) is 4. The number of hydrogen-bond acceptors (Lipinski definition) is 7. The number of aromatic amines is 1. The molecule has 3 aromatic rings. The van der Waals surface area contributed by atoms with Gasteiger partial charge in [0.15, 0.2) is 0 Å². The molecule has 1 aromatic heterocycles. The Kier molecular flexibility index (Phi) is 6.71. The zero-order chi connectivity index (χ0) is 29.0. The predicted octanol–water partition coefficient (Wildman–Crippen LogP) is 4.27. The zero-order valence-corrected chi connectivity index (χ0v) is 23.0. The highest BCUT2D eigenvalue weighted by Crippen LogP contribution is 2.45. The number of esters is 1. The van der Waals surface area contributed by atoms with Crippen LogP contribution in [0.4, 0.5) is 13.2 Å². The van der Waals surface area contributed by atoms with Crippen LogP contribution in [0.15, 0.2) is 36.4 Å². The molecule has 3 aliphatic heterocycles. The van der Waals surface area contributed by atoms with Crippen molar-refractivity contribution in [3.8, 4) is 5.75 Å². The second kappa shape index (κ2) is 10.0. The number of hydrogen-bond donors (Lipinski definition) is 1. The number of carbonyl (C=O) groups is 2. The maximum Gasteiger partial charge on any atom is 0.490 e. The van der Waals surface area contributed by atoms with Crippen LogP contribution in [-0.4, -0.2) is 81.1 Å². The molecule has 2 saturated heterocycles. The largest absolute Gasteiger partial charge is 0.490 e. The van der Waals surface area contributed by atoms with Crippen LogP contribution in [0.3, 0.4) is 0 Å². The Morgan fingerprint density at radius 1 is 1.12 bits per heavy atom. The van der Waals surface area contributed by atoms with Gasteiger partial charge in [-0.05, 0) is 70.0 Å². The summed E-state index contributed by atoms with van der Waals surface area (Å²) in [6, 6.07) is 11.1. The SMILES string of the molecule is CC1(C)Cc2cccc(CN3CCC4(CC3)CCN(C(=O)c3ccc5[nH]nnc5c3)CC4OC(=O)C(F)(F)F)c2O1. The molecule has 2 fully saturated rings. The minimum Gasteiger partial charge on any atom is -0.487 e. The van der Waals surface area contributed by atoms with Crippen LogP contribution >= 0.6 is 0 Å². The first-order chi connectivity index (χ1) is 19.4. The lowest BCUT2D eigenvalue weighted by Gasteiger charge is -2.51. The Hall–Kier alpha value is -3.67. The molecule has 3 aliphatic rings. The van der Waals surface area contributed by atoms with Crippen molar-refractivity contribution in [2.24, 2.45) is 5.41 Å². The minimum absolute atomic E-state index is 0.105. The highest BCUT2D eigenvalue weighted by molar-refractivity contribution is 5.97. The van der Waals surface area contributed by atoms with Crippen molar-refractivity contribution >= 4 is 22.9 Å². The van der Waals surface area contributed by atoms with E-state index in [-0.39, 0.29) is 18.1 Å². The molecular formula is C29H32F3N5O4. The maximum atomic E-state index is 13.3. The highest BCUT2D eigenvalue weighted by atomic mass is 19.4. The second-order valence-corrected chi connectivity index (χ2v) is 12.0. The fourth-order valence-electron chi connectivity index (χ4n) is 6.48. The van der Waals surface area contributed by atoms with Gasteiger partial charge in [-0.3, -0.25) is 14.8 Å². The van der Waals surface area contributed by atoms with Crippen molar-refractivity contribution in [2.75, 3.05) is 26.2 Å². The minimum atomic E-state index is -5.12. The molecule has 1 spiro atoms. The monoisotopic (exact) mass is 571 g/mol. The molecule has 41 heavy (non-hydrogen) atoms. The van der Waals surface area contributed by atoms with Gasteiger partial charge in [0.05, 0.1) is 12.1 Å². The summed E-state index contributed by atoms with van der Waals surface area (Å²) in [5.41, 5.74) is 2.88. The number of alkyl halides is 3. The first kappa shape index (κ1) is 27.5. The van der Waals surface area contributed by atoms with Gasteiger partial charge in [-0.2, -0.15) is 13.2 Å². The van der Waals surface area contributed by atoms with E-state index in [1.807, 2.05) is 6.07 Å². The summed E-state index contributed by atoms with van der Waals surface area (Å²) in [5.74, 6) is -1.65. The van der Waals surface area contributed by atoms with E-state index in [9.17, 15) is 22.8 Å². The molecule has 0 aliphatic carbocycles. The molecule has 1 N–H and O–H groups in total. The number of H-pyrrole nitrogens is 1. The maximum absolute atomic E-state index is 13.3. The molecule has 1 atom stereocenters. The Balaban J connectivity index is 1.17. The summed E-state index contributed by atoms with van der Waals surface area (Å²) < 4.78 is 51.2. The van der Waals surface area contributed by atoms with E-state index >= 15 is 0 Å². The van der Waals surface area contributed by atoms with E-state index in [2.05, 4.69) is 46.3 Å². The lowest BCUT2D eigenvalue weighted by atomic mass is 9.69. The van der Waals surface area contributed by atoms with Crippen LogP contribution in [0, 0.1) is 5.41 Å². The van der Waals surface area contributed by atoms with Crippen LogP contribution in [0.25, 0.3) is 11.0 Å². The molecule has 9 nitrogen and oxygen atoms in total. The van der Waals surface area contributed by atoms with Crippen molar-refractivity contribution in [1.29, 1.82) is 0 Å². The number of benzene rings is 2. The van der Waals surface area contributed by atoms with Crippen LogP contribution in [-0.2, 0) is 22.5 Å². The van der Waals surface area contributed by atoms with Gasteiger partial charge in [-0.15, -0.1) is 5.10 Å². The molecule has 2 aromatic carbocycles. The van der Waals surface area contributed by atoms with Crippen molar-refractivity contribution in [1.82, 2.24) is 25.2 Å². The second-order valence-electron chi connectivity index (χ2n) is 12.0. The van der Waals surface area contributed by atoms with Crippen LogP contribution < -0.4 is 4.74 Å². The number of fused-ring (bicyclic) bond motifs is 2. The third kappa shape index (κ3) is 5.37. The van der Waals surface area contributed by atoms with E-state index in [0.717, 1.165) is 17.7 Å². The van der Waals surface area contributed by atoms with Crippen molar-refractivity contribution in [2.45, 2.75) is 64.0 Å². The van der Waals surface area contributed by atoms with Gasteiger partial charge < -0.3 is 14.4 Å². The Labute approximate surface area is 235 Å². The number of piperidine rings is 2. The average molecular weight is 572 g/mol. The van der Waals surface area contributed by atoms with Gasteiger partial charge >= 0.3 is 12.1 Å². The van der Waals surface area contributed by atoms with Gasteiger partial charge in [0.1, 0.15) is 23.0 Å².